The van der Waals surface area contributed by atoms with E-state index in [1.807, 2.05) is 35.2 Å². The maximum absolute atomic E-state index is 12.6. The minimum absolute atomic E-state index is 0.0412. The Kier molecular flexibility index (Phi) is 6.05. The molecule has 0 radical (unpaired) electrons. The third-order valence-corrected chi connectivity index (χ3v) is 4.90. The van der Waals surface area contributed by atoms with E-state index in [1.54, 1.807) is 0 Å². The molecule has 0 saturated carbocycles. The summed E-state index contributed by atoms with van der Waals surface area (Å²) in [6.07, 6.45) is 2.74. The number of nitrogens with one attached hydrogen (secondary N) is 1. The molecule has 1 heterocycles. The summed E-state index contributed by atoms with van der Waals surface area (Å²) in [5.41, 5.74) is 3.41. The number of likely N-dealkylation sites (tertiary alicyclic amines) is 1. The summed E-state index contributed by atoms with van der Waals surface area (Å²) in [5.74, 6) is 0.0774. The fourth-order valence-corrected chi connectivity index (χ4v) is 3.50. The summed E-state index contributed by atoms with van der Waals surface area (Å²) in [5, 5.41) is 2.86. The molecule has 4 heteroatoms. The molecule has 3 rings (SSSR count). The van der Waals surface area contributed by atoms with Crippen molar-refractivity contribution in [2.75, 3.05) is 13.1 Å². The Morgan fingerprint density at radius 1 is 1.08 bits per heavy atom. The van der Waals surface area contributed by atoms with Gasteiger partial charge in [-0.2, -0.15) is 0 Å². The number of rotatable bonds is 6. The average Bonchev–Trinajstić information content (AvgIpc) is 3.13. The standard InChI is InChI=1S/C22H26N2O2/c1-17-9-11-19(12-10-17)20-8-5-15-24(20)22(26)13-14-23-21(25)16-18-6-3-2-4-7-18/h2-4,6-7,9-12,20H,5,8,13-16H2,1H3,(H,23,25). The third kappa shape index (κ3) is 4.72. The fourth-order valence-electron chi connectivity index (χ4n) is 3.50. The van der Waals surface area contributed by atoms with Gasteiger partial charge in [0.15, 0.2) is 0 Å². The van der Waals surface area contributed by atoms with Gasteiger partial charge >= 0.3 is 0 Å². The lowest BCUT2D eigenvalue weighted by molar-refractivity contribution is -0.132. The average molecular weight is 350 g/mol. The van der Waals surface area contributed by atoms with E-state index in [-0.39, 0.29) is 17.9 Å². The molecule has 4 nitrogen and oxygen atoms in total. The van der Waals surface area contributed by atoms with E-state index in [9.17, 15) is 9.59 Å². The molecule has 0 bridgehead atoms. The van der Waals surface area contributed by atoms with Crippen molar-refractivity contribution in [2.45, 2.75) is 38.6 Å². The van der Waals surface area contributed by atoms with E-state index in [0.29, 0.717) is 19.4 Å². The van der Waals surface area contributed by atoms with Crippen molar-refractivity contribution in [1.82, 2.24) is 10.2 Å². The summed E-state index contributed by atoms with van der Waals surface area (Å²) >= 11 is 0. The van der Waals surface area contributed by atoms with Crippen molar-refractivity contribution >= 4 is 11.8 Å². The Morgan fingerprint density at radius 2 is 1.81 bits per heavy atom. The second-order valence-electron chi connectivity index (χ2n) is 6.92. The molecular weight excluding hydrogens is 324 g/mol. The number of carbonyl (C=O) groups is 2. The Hall–Kier alpha value is -2.62. The second-order valence-corrected chi connectivity index (χ2v) is 6.92. The smallest absolute Gasteiger partial charge is 0.224 e. The maximum Gasteiger partial charge on any atom is 0.224 e. The Balaban J connectivity index is 1.48. The number of aryl methyl sites for hydroxylation is 1. The zero-order valence-corrected chi connectivity index (χ0v) is 15.3. The van der Waals surface area contributed by atoms with Gasteiger partial charge in [0.25, 0.3) is 0 Å². The summed E-state index contributed by atoms with van der Waals surface area (Å²) < 4.78 is 0. The van der Waals surface area contributed by atoms with Crippen LogP contribution in [0.4, 0.5) is 0 Å². The van der Waals surface area contributed by atoms with E-state index < -0.39 is 0 Å². The van der Waals surface area contributed by atoms with Crippen molar-refractivity contribution < 1.29 is 9.59 Å². The van der Waals surface area contributed by atoms with Crippen molar-refractivity contribution in [1.29, 1.82) is 0 Å². The van der Waals surface area contributed by atoms with Crippen LogP contribution in [0, 0.1) is 6.92 Å². The zero-order chi connectivity index (χ0) is 18.4. The Morgan fingerprint density at radius 3 is 2.54 bits per heavy atom. The van der Waals surface area contributed by atoms with Gasteiger partial charge in [-0.1, -0.05) is 60.2 Å². The highest BCUT2D eigenvalue weighted by atomic mass is 16.2. The molecule has 136 valence electrons. The first-order valence-corrected chi connectivity index (χ1v) is 9.30. The molecular formula is C22H26N2O2. The topological polar surface area (TPSA) is 49.4 Å². The predicted octanol–water partition coefficient (Wildman–Crippen LogP) is 3.41. The Bertz CT molecular complexity index is 740. The van der Waals surface area contributed by atoms with Gasteiger partial charge in [-0.05, 0) is 30.9 Å². The van der Waals surface area contributed by atoms with E-state index in [0.717, 1.165) is 24.9 Å². The van der Waals surface area contributed by atoms with Crippen molar-refractivity contribution in [3.05, 3.63) is 71.3 Å². The number of hydrogen-bond acceptors (Lipinski definition) is 2. The molecule has 1 N–H and O–H groups in total. The van der Waals surface area contributed by atoms with Crippen LogP contribution in [0.25, 0.3) is 0 Å². The number of benzene rings is 2. The van der Waals surface area contributed by atoms with Crippen LogP contribution in [0.1, 0.15) is 42.0 Å². The molecule has 1 aliphatic rings. The minimum Gasteiger partial charge on any atom is -0.355 e. The van der Waals surface area contributed by atoms with E-state index in [4.69, 9.17) is 0 Å². The van der Waals surface area contributed by atoms with E-state index >= 15 is 0 Å². The lowest BCUT2D eigenvalue weighted by atomic mass is 10.0. The molecule has 0 aliphatic carbocycles. The van der Waals surface area contributed by atoms with Crippen LogP contribution in [0.2, 0.25) is 0 Å². The van der Waals surface area contributed by atoms with Gasteiger partial charge in [0.05, 0.1) is 12.5 Å². The van der Waals surface area contributed by atoms with Gasteiger partial charge < -0.3 is 10.2 Å². The molecule has 1 saturated heterocycles. The molecule has 2 aromatic rings. The van der Waals surface area contributed by atoms with Crippen molar-refractivity contribution in [3.63, 3.8) is 0 Å². The van der Waals surface area contributed by atoms with Crippen LogP contribution in [0.3, 0.4) is 0 Å². The largest absolute Gasteiger partial charge is 0.355 e. The van der Waals surface area contributed by atoms with Crippen LogP contribution >= 0.6 is 0 Å². The maximum atomic E-state index is 12.6. The van der Waals surface area contributed by atoms with Crippen LogP contribution in [-0.4, -0.2) is 29.8 Å². The summed E-state index contributed by atoms with van der Waals surface area (Å²) in [6.45, 7) is 3.26. The number of carbonyl (C=O) groups excluding carboxylic acids is 2. The van der Waals surface area contributed by atoms with Gasteiger partial charge in [-0.25, -0.2) is 0 Å². The summed E-state index contributed by atoms with van der Waals surface area (Å²) in [4.78, 5) is 26.6. The lowest BCUT2D eigenvalue weighted by Gasteiger charge is -2.25. The molecule has 1 fully saturated rings. The quantitative estimate of drug-likeness (QED) is 0.868. The SMILES string of the molecule is Cc1ccc(C2CCCN2C(=O)CCNC(=O)Cc2ccccc2)cc1. The zero-order valence-electron chi connectivity index (χ0n) is 15.3. The molecule has 2 aromatic carbocycles. The molecule has 1 unspecified atom stereocenters. The van der Waals surface area contributed by atoms with Gasteiger partial charge in [-0.15, -0.1) is 0 Å². The number of hydrogen-bond donors (Lipinski definition) is 1. The summed E-state index contributed by atoms with van der Waals surface area (Å²) in [6, 6.07) is 18.2. The lowest BCUT2D eigenvalue weighted by Crippen LogP contribution is -2.34. The monoisotopic (exact) mass is 350 g/mol. The first-order valence-electron chi connectivity index (χ1n) is 9.30. The number of nitrogens with zero attached hydrogens (tertiary/aromatic N) is 1. The fraction of sp³-hybridized carbons (Fsp3) is 0.364. The molecule has 0 aromatic heterocycles. The van der Waals surface area contributed by atoms with Gasteiger partial charge in [0, 0.05) is 19.5 Å². The first kappa shape index (κ1) is 18.2. The highest BCUT2D eigenvalue weighted by Crippen LogP contribution is 2.32. The molecule has 0 spiro atoms. The Labute approximate surface area is 155 Å². The predicted molar refractivity (Wildman–Crippen MR) is 103 cm³/mol. The second kappa shape index (κ2) is 8.65. The number of amides is 2. The molecule has 1 atom stereocenters. The van der Waals surface area contributed by atoms with Crippen LogP contribution in [-0.2, 0) is 16.0 Å². The van der Waals surface area contributed by atoms with E-state index in [2.05, 4.69) is 36.5 Å². The van der Waals surface area contributed by atoms with Gasteiger partial charge in [-0.3, -0.25) is 9.59 Å². The van der Waals surface area contributed by atoms with Crippen molar-refractivity contribution in [3.8, 4) is 0 Å². The highest BCUT2D eigenvalue weighted by Gasteiger charge is 2.29. The summed E-state index contributed by atoms with van der Waals surface area (Å²) in [7, 11) is 0. The first-order chi connectivity index (χ1) is 12.6. The van der Waals surface area contributed by atoms with E-state index in [1.165, 1.54) is 11.1 Å². The van der Waals surface area contributed by atoms with Crippen LogP contribution in [0.5, 0.6) is 0 Å². The molecule has 2 amide bonds. The molecule has 1 aliphatic heterocycles. The van der Waals surface area contributed by atoms with Crippen molar-refractivity contribution in [2.24, 2.45) is 0 Å². The third-order valence-electron chi connectivity index (χ3n) is 4.90. The normalized spacial score (nSPS) is 16.5. The highest BCUT2D eigenvalue weighted by molar-refractivity contribution is 5.80. The molecule has 26 heavy (non-hydrogen) atoms. The van der Waals surface area contributed by atoms with Crippen LogP contribution in [0.15, 0.2) is 54.6 Å². The minimum atomic E-state index is -0.0412. The van der Waals surface area contributed by atoms with Gasteiger partial charge in [0.1, 0.15) is 0 Å². The van der Waals surface area contributed by atoms with Gasteiger partial charge in [0.2, 0.25) is 11.8 Å². The van der Waals surface area contributed by atoms with Crippen LogP contribution < -0.4 is 5.32 Å².